The van der Waals surface area contributed by atoms with Gasteiger partial charge in [-0.2, -0.15) is 0 Å². The Hall–Kier alpha value is -4.78. The summed E-state index contributed by atoms with van der Waals surface area (Å²) in [5.41, 5.74) is 9.31. The second kappa shape index (κ2) is 11.6. The number of benzene rings is 4. The number of rotatable bonds is 10. The predicted octanol–water partition coefficient (Wildman–Crippen LogP) is 5.35. The lowest BCUT2D eigenvalue weighted by atomic mass is 10.0. The Morgan fingerprint density at radius 1 is 0.861 bits per heavy atom. The normalized spacial score (nSPS) is 11.2. The number of nitrogens with one attached hydrogen (secondary N) is 3. The molecule has 0 aromatic heterocycles. The van der Waals surface area contributed by atoms with E-state index in [4.69, 9.17) is 20.6 Å². The maximum atomic E-state index is 13.4. The fraction of sp³-hybridized carbons (Fsp3) is 0.103. The van der Waals surface area contributed by atoms with Crippen molar-refractivity contribution in [2.75, 3.05) is 17.7 Å². The van der Waals surface area contributed by atoms with E-state index in [1.54, 1.807) is 43.5 Å². The van der Waals surface area contributed by atoms with Gasteiger partial charge >= 0.3 is 0 Å². The van der Waals surface area contributed by atoms with Gasteiger partial charge in [-0.15, -0.1) is 0 Å². The van der Waals surface area contributed by atoms with Crippen LogP contribution in [0.2, 0.25) is 0 Å². The van der Waals surface area contributed by atoms with Crippen molar-refractivity contribution in [3.05, 3.63) is 120 Å². The number of nitrogens with two attached hydrogens (primary N) is 1. The third-order valence-electron chi connectivity index (χ3n) is 5.57. The molecule has 0 bridgehead atoms. The molecule has 1 amide bonds. The second-order valence-electron chi connectivity index (χ2n) is 8.11. The average molecular weight is 481 g/mol. The molecular formula is C29H28N4O3. The van der Waals surface area contributed by atoms with Crippen molar-refractivity contribution in [1.82, 2.24) is 0 Å². The smallest absolute Gasteiger partial charge is 0.251 e. The topological polar surface area (TPSA) is 109 Å². The Morgan fingerprint density at radius 3 is 2.17 bits per heavy atom. The summed E-state index contributed by atoms with van der Waals surface area (Å²) >= 11 is 0. The van der Waals surface area contributed by atoms with Crippen LogP contribution in [0.15, 0.2) is 103 Å². The van der Waals surface area contributed by atoms with Gasteiger partial charge in [-0.3, -0.25) is 10.2 Å². The van der Waals surface area contributed by atoms with E-state index in [1.807, 2.05) is 66.7 Å². The maximum absolute atomic E-state index is 13.4. The van der Waals surface area contributed by atoms with Crippen LogP contribution in [0.25, 0.3) is 0 Å². The van der Waals surface area contributed by atoms with Crippen LogP contribution in [0.5, 0.6) is 11.5 Å². The minimum Gasteiger partial charge on any atom is -0.493 e. The predicted molar refractivity (Wildman–Crippen MR) is 143 cm³/mol. The van der Waals surface area contributed by atoms with E-state index in [1.165, 1.54) is 0 Å². The zero-order valence-corrected chi connectivity index (χ0v) is 19.9. The molecular weight excluding hydrogens is 452 g/mol. The molecule has 0 fully saturated rings. The number of hydrogen-bond acceptors (Lipinski definition) is 5. The molecule has 4 aromatic carbocycles. The van der Waals surface area contributed by atoms with Crippen LogP contribution in [0.4, 0.5) is 11.4 Å². The van der Waals surface area contributed by atoms with Gasteiger partial charge in [0, 0.05) is 16.9 Å². The van der Waals surface area contributed by atoms with Gasteiger partial charge < -0.3 is 25.8 Å². The highest BCUT2D eigenvalue weighted by Crippen LogP contribution is 2.33. The lowest BCUT2D eigenvalue weighted by Crippen LogP contribution is -2.27. The van der Waals surface area contributed by atoms with Crippen molar-refractivity contribution in [2.24, 2.45) is 5.73 Å². The van der Waals surface area contributed by atoms with Crippen molar-refractivity contribution < 1.29 is 14.3 Å². The van der Waals surface area contributed by atoms with Crippen molar-refractivity contribution in [3.63, 3.8) is 0 Å². The van der Waals surface area contributed by atoms with Crippen molar-refractivity contribution in [1.29, 1.82) is 5.41 Å². The molecule has 0 aliphatic carbocycles. The molecule has 1 atom stereocenters. The van der Waals surface area contributed by atoms with Crippen LogP contribution in [0.1, 0.15) is 22.7 Å². The minimum absolute atomic E-state index is 0.0178. The van der Waals surface area contributed by atoms with Crippen LogP contribution in [-0.4, -0.2) is 18.9 Å². The number of nitrogen functional groups attached to an aromatic ring is 1. The molecule has 7 heteroatoms. The first kappa shape index (κ1) is 24.3. The molecule has 0 aliphatic rings. The van der Waals surface area contributed by atoms with Gasteiger partial charge in [0.2, 0.25) is 0 Å². The second-order valence-corrected chi connectivity index (χ2v) is 8.11. The zero-order valence-electron chi connectivity index (χ0n) is 19.9. The quantitative estimate of drug-likeness (QED) is 0.181. The first-order valence-corrected chi connectivity index (χ1v) is 11.4. The Labute approximate surface area is 210 Å². The third kappa shape index (κ3) is 6.21. The van der Waals surface area contributed by atoms with Crippen molar-refractivity contribution >= 4 is 23.1 Å². The number of para-hydroxylation sites is 1. The number of amidine groups is 1. The summed E-state index contributed by atoms with van der Waals surface area (Å²) in [6.07, 6.45) is 0. The molecule has 0 saturated heterocycles. The highest BCUT2D eigenvalue weighted by molar-refractivity contribution is 5.98. The average Bonchev–Trinajstić information content (AvgIpc) is 2.92. The van der Waals surface area contributed by atoms with Gasteiger partial charge in [-0.25, -0.2) is 0 Å². The summed E-state index contributed by atoms with van der Waals surface area (Å²) in [5, 5.41) is 13.8. The summed E-state index contributed by atoms with van der Waals surface area (Å²) in [6, 6.07) is 30.9. The lowest BCUT2D eigenvalue weighted by Gasteiger charge is -2.21. The van der Waals surface area contributed by atoms with Gasteiger partial charge in [0.25, 0.3) is 5.91 Å². The van der Waals surface area contributed by atoms with Crippen molar-refractivity contribution in [3.8, 4) is 11.5 Å². The highest BCUT2D eigenvalue weighted by atomic mass is 16.5. The summed E-state index contributed by atoms with van der Waals surface area (Å²) in [5.74, 6) is 0.848. The van der Waals surface area contributed by atoms with E-state index in [-0.39, 0.29) is 11.7 Å². The van der Waals surface area contributed by atoms with Crippen LogP contribution in [0, 0.1) is 5.41 Å². The number of carbonyl (C=O) groups is 1. The summed E-state index contributed by atoms with van der Waals surface area (Å²) in [7, 11) is 1.57. The molecule has 0 unspecified atom stereocenters. The fourth-order valence-electron chi connectivity index (χ4n) is 3.67. The first-order chi connectivity index (χ1) is 17.5. The van der Waals surface area contributed by atoms with E-state index >= 15 is 0 Å². The van der Waals surface area contributed by atoms with Gasteiger partial charge in [0.15, 0.2) is 11.5 Å². The number of carbonyl (C=O) groups excluding carboxylic acids is 1. The van der Waals surface area contributed by atoms with E-state index in [0.717, 1.165) is 5.56 Å². The molecule has 4 rings (SSSR count). The maximum Gasteiger partial charge on any atom is 0.251 e. The van der Waals surface area contributed by atoms with E-state index in [9.17, 15) is 4.79 Å². The van der Waals surface area contributed by atoms with Gasteiger partial charge in [-0.1, -0.05) is 54.6 Å². The summed E-state index contributed by atoms with van der Waals surface area (Å²) in [6.45, 7) is 0.398. The SMILES string of the molecule is COc1cc([C@@H](Nc2ccc(C(=N)N)cc2)C(=O)Nc2ccccc2)ccc1OCc1ccccc1. The molecule has 36 heavy (non-hydrogen) atoms. The number of hydrogen-bond donors (Lipinski definition) is 4. The Kier molecular flexibility index (Phi) is 7.83. The van der Waals surface area contributed by atoms with Crippen molar-refractivity contribution in [2.45, 2.75) is 12.6 Å². The van der Waals surface area contributed by atoms with Gasteiger partial charge in [0.1, 0.15) is 18.5 Å². The van der Waals surface area contributed by atoms with E-state index in [2.05, 4.69) is 10.6 Å². The molecule has 0 heterocycles. The molecule has 0 radical (unpaired) electrons. The minimum atomic E-state index is -0.731. The van der Waals surface area contributed by atoms with Crippen LogP contribution in [-0.2, 0) is 11.4 Å². The largest absolute Gasteiger partial charge is 0.493 e. The summed E-state index contributed by atoms with van der Waals surface area (Å²) in [4.78, 5) is 13.4. The van der Waals surface area contributed by atoms with Crippen LogP contribution in [0.3, 0.4) is 0 Å². The number of anilines is 2. The lowest BCUT2D eigenvalue weighted by molar-refractivity contribution is -0.117. The zero-order chi connectivity index (χ0) is 25.3. The molecule has 7 nitrogen and oxygen atoms in total. The van der Waals surface area contributed by atoms with Crippen LogP contribution >= 0.6 is 0 Å². The molecule has 0 aliphatic heterocycles. The van der Waals surface area contributed by atoms with E-state index < -0.39 is 6.04 Å². The third-order valence-corrected chi connectivity index (χ3v) is 5.57. The fourth-order valence-corrected chi connectivity index (χ4v) is 3.67. The standard InChI is InChI=1S/C29H28N4O3/c1-35-26-18-22(14-17-25(26)36-19-20-8-4-2-5-9-20)27(29(34)33-23-10-6-3-7-11-23)32-24-15-12-21(13-16-24)28(30)31/h2-18,27,32H,19H2,1H3,(H3,30,31)(H,33,34)/t27-/m1/s1. The number of ether oxygens (including phenoxy) is 2. The molecule has 4 aromatic rings. The summed E-state index contributed by atoms with van der Waals surface area (Å²) < 4.78 is 11.6. The Bertz CT molecular complexity index is 1310. The Morgan fingerprint density at radius 2 is 1.53 bits per heavy atom. The van der Waals surface area contributed by atoms with Gasteiger partial charge in [0.05, 0.1) is 7.11 Å². The molecule has 0 saturated carbocycles. The van der Waals surface area contributed by atoms with Gasteiger partial charge in [-0.05, 0) is 59.7 Å². The molecule has 182 valence electrons. The number of amides is 1. The Balaban J connectivity index is 1.60. The van der Waals surface area contributed by atoms with E-state index in [0.29, 0.717) is 40.6 Å². The molecule has 5 N–H and O–H groups in total. The number of methoxy groups -OCH3 is 1. The highest BCUT2D eigenvalue weighted by Gasteiger charge is 2.23. The molecule has 0 spiro atoms. The monoisotopic (exact) mass is 480 g/mol. The van der Waals surface area contributed by atoms with Crippen LogP contribution < -0.4 is 25.8 Å². The first-order valence-electron chi connectivity index (χ1n) is 11.4.